The summed E-state index contributed by atoms with van der Waals surface area (Å²) in [6.07, 6.45) is 3.02. The summed E-state index contributed by atoms with van der Waals surface area (Å²) in [7, 11) is 0. The largest absolute Gasteiger partial charge is 0.382 e. The predicted octanol–water partition coefficient (Wildman–Crippen LogP) is 0.525. The first-order chi connectivity index (χ1) is 10.4. The van der Waals surface area contributed by atoms with Crippen LogP contribution in [0.3, 0.4) is 0 Å². The van der Waals surface area contributed by atoms with E-state index in [0.29, 0.717) is 17.0 Å². The van der Waals surface area contributed by atoms with Crippen molar-refractivity contribution in [1.29, 1.82) is 5.26 Å². The maximum Gasteiger partial charge on any atom is 0.287 e. The number of nitriles is 1. The quantitative estimate of drug-likeness (QED) is 0.425. The Hall–Kier alpha value is -3.05. The highest BCUT2D eigenvalue weighted by atomic mass is 16.2. The zero-order chi connectivity index (χ0) is 16.3. The zero-order valence-corrected chi connectivity index (χ0v) is 12.2. The molecule has 0 aliphatic rings. The number of aromatic nitrogens is 3. The number of rotatable bonds is 3. The Labute approximate surface area is 127 Å². The maximum atomic E-state index is 11.6. The van der Waals surface area contributed by atoms with Gasteiger partial charge < -0.3 is 5.73 Å². The van der Waals surface area contributed by atoms with Crippen molar-refractivity contribution < 1.29 is 4.79 Å². The van der Waals surface area contributed by atoms with E-state index in [2.05, 4.69) is 21.0 Å². The van der Waals surface area contributed by atoms with Gasteiger partial charge in [0.25, 0.3) is 5.91 Å². The molecule has 0 aliphatic heterocycles. The highest BCUT2D eigenvalue weighted by Crippen LogP contribution is 2.25. The van der Waals surface area contributed by atoms with Crippen LogP contribution in [0.25, 0.3) is 11.3 Å². The summed E-state index contributed by atoms with van der Waals surface area (Å²) < 4.78 is 0. The van der Waals surface area contributed by atoms with Crippen LogP contribution in [0.15, 0.2) is 24.5 Å². The van der Waals surface area contributed by atoms with Gasteiger partial charge in [-0.25, -0.2) is 15.8 Å². The van der Waals surface area contributed by atoms with Gasteiger partial charge in [-0.15, -0.1) is 0 Å². The number of anilines is 1. The van der Waals surface area contributed by atoms with Crippen LogP contribution in [0, 0.1) is 11.3 Å². The van der Waals surface area contributed by atoms with Crippen molar-refractivity contribution in [3.63, 3.8) is 0 Å². The summed E-state index contributed by atoms with van der Waals surface area (Å²) in [5.41, 5.74) is 8.49. The summed E-state index contributed by atoms with van der Waals surface area (Å²) in [6.45, 7) is 3.53. The molecule has 0 aromatic carbocycles. The number of hydrazine groups is 1. The number of pyridine rings is 1. The first kappa shape index (κ1) is 15.3. The molecule has 2 aromatic heterocycles. The number of nitrogen functional groups attached to an aromatic ring is 2. The minimum atomic E-state index is -0.741. The molecule has 0 atom stereocenters. The summed E-state index contributed by atoms with van der Waals surface area (Å²) in [5, 5.41) is 9.19. The Kier molecular flexibility index (Phi) is 4.01. The normalized spacial score (nSPS) is 10.8. The third-order valence-electron chi connectivity index (χ3n) is 3.12. The predicted molar refractivity (Wildman–Crippen MR) is 80.0 cm³/mol. The molecule has 0 fully saturated rings. The summed E-state index contributed by atoms with van der Waals surface area (Å²) in [6, 6.07) is 5.62. The molecule has 2 aromatic rings. The molecule has 2 heterocycles. The molecule has 112 valence electrons. The van der Waals surface area contributed by atoms with Crippen molar-refractivity contribution in [2.45, 2.75) is 19.3 Å². The van der Waals surface area contributed by atoms with Gasteiger partial charge in [-0.1, -0.05) is 0 Å². The average molecular weight is 297 g/mol. The fourth-order valence-corrected chi connectivity index (χ4v) is 1.76. The van der Waals surface area contributed by atoms with Gasteiger partial charge in [-0.05, 0) is 26.0 Å². The fraction of sp³-hybridized carbons (Fsp3) is 0.214. The first-order valence-electron chi connectivity index (χ1n) is 6.40. The summed E-state index contributed by atoms with van der Waals surface area (Å²) >= 11 is 0. The van der Waals surface area contributed by atoms with E-state index in [-0.39, 0.29) is 11.5 Å². The average Bonchev–Trinajstić information content (AvgIpc) is 2.54. The van der Waals surface area contributed by atoms with E-state index in [1.54, 1.807) is 32.2 Å². The number of carbonyl (C=O) groups is 1. The molecule has 0 aliphatic carbocycles. The third-order valence-corrected chi connectivity index (χ3v) is 3.12. The second-order valence-electron chi connectivity index (χ2n) is 5.13. The molecule has 0 bridgehead atoms. The molecule has 0 spiro atoms. The van der Waals surface area contributed by atoms with Gasteiger partial charge >= 0.3 is 0 Å². The maximum absolute atomic E-state index is 11.6. The number of carbonyl (C=O) groups excluding carboxylic acids is 1. The number of nitrogens with zero attached hydrogens (tertiary/aromatic N) is 4. The monoisotopic (exact) mass is 297 g/mol. The van der Waals surface area contributed by atoms with Gasteiger partial charge in [-0.2, -0.15) is 5.26 Å². The minimum absolute atomic E-state index is 0.0154. The zero-order valence-electron chi connectivity index (χ0n) is 12.2. The molecule has 0 unspecified atom stereocenters. The van der Waals surface area contributed by atoms with Gasteiger partial charge in [0.05, 0.1) is 29.1 Å². The molecule has 8 nitrogen and oxygen atoms in total. The Morgan fingerprint density at radius 1 is 1.41 bits per heavy atom. The van der Waals surface area contributed by atoms with E-state index in [1.807, 2.05) is 5.43 Å². The van der Waals surface area contributed by atoms with E-state index < -0.39 is 11.3 Å². The topological polar surface area (TPSA) is 144 Å². The van der Waals surface area contributed by atoms with Crippen LogP contribution in [0.2, 0.25) is 0 Å². The number of nitrogens with two attached hydrogens (primary N) is 2. The van der Waals surface area contributed by atoms with Gasteiger partial charge in [0.15, 0.2) is 11.5 Å². The molecule has 2 rings (SSSR count). The van der Waals surface area contributed by atoms with Crippen molar-refractivity contribution in [2.24, 2.45) is 5.84 Å². The molecule has 1 amide bonds. The third kappa shape index (κ3) is 2.84. The lowest BCUT2D eigenvalue weighted by Gasteiger charge is -2.15. The lowest BCUT2D eigenvalue weighted by Crippen LogP contribution is -2.31. The molecular weight excluding hydrogens is 282 g/mol. The number of hydrogen-bond donors (Lipinski definition) is 3. The first-order valence-corrected chi connectivity index (χ1v) is 6.40. The van der Waals surface area contributed by atoms with E-state index >= 15 is 0 Å². The number of nitrogens with one attached hydrogen (secondary N) is 1. The van der Waals surface area contributed by atoms with Gasteiger partial charge in [-0.3, -0.25) is 15.2 Å². The minimum Gasteiger partial charge on any atom is -0.382 e. The number of hydrogen-bond acceptors (Lipinski definition) is 7. The smallest absolute Gasteiger partial charge is 0.287 e. The van der Waals surface area contributed by atoms with Gasteiger partial charge in [0, 0.05) is 11.8 Å². The van der Waals surface area contributed by atoms with E-state index in [4.69, 9.17) is 11.6 Å². The van der Waals surface area contributed by atoms with Crippen molar-refractivity contribution >= 4 is 11.7 Å². The Balaban J connectivity index is 2.52. The van der Waals surface area contributed by atoms with Crippen molar-refractivity contribution in [2.75, 3.05) is 5.73 Å². The van der Waals surface area contributed by atoms with E-state index in [9.17, 15) is 10.1 Å². The second-order valence-corrected chi connectivity index (χ2v) is 5.13. The van der Waals surface area contributed by atoms with Crippen LogP contribution in [-0.4, -0.2) is 20.9 Å². The Morgan fingerprint density at radius 3 is 2.77 bits per heavy atom. The number of amides is 1. The molecule has 8 heteroatoms. The van der Waals surface area contributed by atoms with Crippen LogP contribution < -0.4 is 17.0 Å². The molecule has 0 saturated heterocycles. The lowest BCUT2D eigenvalue weighted by atomic mass is 9.90. The van der Waals surface area contributed by atoms with Crippen molar-refractivity contribution in [1.82, 2.24) is 20.4 Å². The van der Waals surface area contributed by atoms with Crippen LogP contribution in [0.4, 0.5) is 5.82 Å². The van der Waals surface area contributed by atoms with E-state index in [1.165, 1.54) is 6.20 Å². The van der Waals surface area contributed by atoms with Crippen molar-refractivity contribution in [3.8, 4) is 17.3 Å². The van der Waals surface area contributed by atoms with Crippen LogP contribution in [0.1, 0.15) is 30.0 Å². The van der Waals surface area contributed by atoms with Gasteiger partial charge in [0.2, 0.25) is 0 Å². The molecule has 22 heavy (non-hydrogen) atoms. The van der Waals surface area contributed by atoms with E-state index in [0.717, 1.165) is 0 Å². The molecular formula is C14H15N7O. The molecule has 5 N–H and O–H groups in total. The molecule has 0 saturated carbocycles. The Morgan fingerprint density at radius 2 is 2.14 bits per heavy atom. The highest BCUT2D eigenvalue weighted by molar-refractivity contribution is 5.96. The van der Waals surface area contributed by atoms with Crippen LogP contribution in [0.5, 0.6) is 0 Å². The van der Waals surface area contributed by atoms with Crippen LogP contribution in [-0.2, 0) is 5.41 Å². The standard InChI is InChI=1S/C14H15N7O/c1-14(2,7-15)10-5-8(3-4-18-10)9-6-19-12(16)11(20-9)13(22)21-17/h3-6H,17H2,1-2H3,(H2,16,19)(H,21,22). The van der Waals surface area contributed by atoms with Crippen LogP contribution >= 0.6 is 0 Å². The highest BCUT2D eigenvalue weighted by Gasteiger charge is 2.22. The second kappa shape index (κ2) is 5.75. The SMILES string of the molecule is CC(C)(C#N)c1cc(-c2cnc(N)c(C(=O)NN)n2)ccn1. The van der Waals surface area contributed by atoms with Crippen molar-refractivity contribution in [3.05, 3.63) is 35.9 Å². The lowest BCUT2D eigenvalue weighted by molar-refractivity contribution is 0.0949. The fourth-order valence-electron chi connectivity index (χ4n) is 1.76. The Bertz CT molecular complexity index is 764. The molecule has 0 radical (unpaired) electrons. The van der Waals surface area contributed by atoms with Gasteiger partial charge in [0.1, 0.15) is 0 Å². The summed E-state index contributed by atoms with van der Waals surface area (Å²) in [4.78, 5) is 23.9. The summed E-state index contributed by atoms with van der Waals surface area (Å²) in [5.74, 6) is 4.45.